The van der Waals surface area contributed by atoms with Crippen molar-refractivity contribution in [2.45, 2.75) is 38.6 Å². The summed E-state index contributed by atoms with van der Waals surface area (Å²) in [5.41, 5.74) is 7.67. The first-order chi connectivity index (χ1) is 9.20. The second kappa shape index (κ2) is 3.74. The number of nitrogens with zero attached hydrogens (tertiary/aromatic N) is 1. The van der Waals surface area contributed by atoms with Crippen LogP contribution in [0.4, 0.5) is 5.69 Å². The minimum Gasteiger partial charge on any atom is -0.395 e. The SMILES string of the molecule is CCc1[nH]nc(C(=O)NC2C3C4CCC(C4)C23)c1N. The maximum atomic E-state index is 12.2. The van der Waals surface area contributed by atoms with Crippen molar-refractivity contribution in [3.05, 3.63) is 11.4 Å². The summed E-state index contributed by atoms with van der Waals surface area (Å²) in [6.45, 7) is 1.99. The van der Waals surface area contributed by atoms with Gasteiger partial charge in [0.1, 0.15) is 0 Å². The standard InChI is InChI=1S/C14H20N4O/c1-2-8-11(15)13(18-17-8)14(19)16-12-9-6-3-4-7(5-6)10(9)12/h6-7,9-10,12H,2-5,15H2,1H3,(H,16,19)(H,17,18). The summed E-state index contributed by atoms with van der Waals surface area (Å²) in [7, 11) is 0. The molecule has 4 rings (SSSR count). The molecule has 0 saturated heterocycles. The van der Waals surface area contributed by atoms with E-state index < -0.39 is 0 Å². The molecule has 3 aliphatic rings. The Bertz CT molecular complexity index is 522. The van der Waals surface area contributed by atoms with Crippen LogP contribution in [-0.4, -0.2) is 22.1 Å². The molecule has 1 heterocycles. The zero-order valence-electron chi connectivity index (χ0n) is 11.1. The van der Waals surface area contributed by atoms with Crippen LogP contribution >= 0.6 is 0 Å². The van der Waals surface area contributed by atoms with Gasteiger partial charge in [-0.3, -0.25) is 9.89 Å². The van der Waals surface area contributed by atoms with Crippen LogP contribution in [0.2, 0.25) is 0 Å². The smallest absolute Gasteiger partial charge is 0.274 e. The van der Waals surface area contributed by atoms with E-state index >= 15 is 0 Å². The maximum Gasteiger partial charge on any atom is 0.274 e. The zero-order valence-corrected chi connectivity index (χ0v) is 11.1. The van der Waals surface area contributed by atoms with Gasteiger partial charge in [-0.25, -0.2) is 0 Å². The largest absolute Gasteiger partial charge is 0.395 e. The molecular weight excluding hydrogens is 240 g/mol. The molecule has 2 bridgehead atoms. The van der Waals surface area contributed by atoms with E-state index in [1.165, 1.54) is 19.3 Å². The highest BCUT2D eigenvalue weighted by Crippen LogP contribution is 2.65. The van der Waals surface area contributed by atoms with E-state index in [-0.39, 0.29) is 5.91 Å². The Labute approximate surface area is 112 Å². The van der Waals surface area contributed by atoms with Crippen molar-refractivity contribution in [3.63, 3.8) is 0 Å². The summed E-state index contributed by atoms with van der Waals surface area (Å²) in [5, 5.41) is 10.0. The molecule has 0 radical (unpaired) electrons. The molecule has 4 atom stereocenters. The predicted octanol–water partition coefficient (Wildman–Crippen LogP) is 1.33. The third-order valence-electron chi connectivity index (χ3n) is 5.48. The fourth-order valence-electron chi connectivity index (χ4n) is 4.57. The predicted molar refractivity (Wildman–Crippen MR) is 71.4 cm³/mol. The Morgan fingerprint density at radius 1 is 1.42 bits per heavy atom. The molecule has 0 aliphatic heterocycles. The molecule has 5 nitrogen and oxygen atoms in total. The van der Waals surface area contributed by atoms with Crippen molar-refractivity contribution in [2.24, 2.45) is 23.7 Å². The van der Waals surface area contributed by atoms with Gasteiger partial charge in [0.15, 0.2) is 5.69 Å². The molecule has 4 N–H and O–H groups in total. The van der Waals surface area contributed by atoms with Crippen LogP contribution in [0, 0.1) is 23.7 Å². The first-order valence-corrected chi connectivity index (χ1v) is 7.34. The number of hydrogen-bond acceptors (Lipinski definition) is 3. The van der Waals surface area contributed by atoms with Crippen molar-refractivity contribution >= 4 is 11.6 Å². The third kappa shape index (κ3) is 1.47. The molecule has 3 aliphatic carbocycles. The van der Waals surface area contributed by atoms with E-state index in [9.17, 15) is 4.79 Å². The van der Waals surface area contributed by atoms with Gasteiger partial charge in [0, 0.05) is 6.04 Å². The second-order valence-corrected chi connectivity index (χ2v) is 6.31. The molecule has 3 fully saturated rings. The summed E-state index contributed by atoms with van der Waals surface area (Å²) in [6, 6.07) is 0.389. The Hall–Kier alpha value is -1.52. The number of nitrogens with one attached hydrogen (secondary N) is 2. The lowest BCUT2D eigenvalue weighted by Gasteiger charge is -2.09. The van der Waals surface area contributed by atoms with Crippen LogP contribution in [0.3, 0.4) is 0 Å². The van der Waals surface area contributed by atoms with E-state index in [1.807, 2.05) is 6.92 Å². The number of fused-ring (bicyclic) bond motifs is 5. The van der Waals surface area contributed by atoms with Crippen molar-refractivity contribution < 1.29 is 4.79 Å². The van der Waals surface area contributed by atoms with Crippen molar-refractivity contribution in [3.8, 4) is 0 Å². The van der Waals surface area contributed by atoms with Crippen LogP contribution < -0.4 is 11.1 Å². The van der Waals surface area contributed by atoms with E-state index in [0.29, 0.717) is 17.4 Å². The molecular formula is C14H20N4O. The fourth-order valence-corrected chi connectivity index (χ4v) is 4.57. The number of aryl methyl sites for hydroxylation is 1. The molecule has 5 heteroatoms. The summed E-state index contributed by atoms with van der Waals surface area (Å²) in [6.07, 6.45) is 4.89. The van der Waals surface area contributed by atoms with Gasteiger partial charge < -0.3 is 11.1 Å². The maximum absolute atomic E-state index is 12.2. The van der Waals surface area contributed by atoms with E-state index in [4.69, 9.17) is 5.73 Å². The quantitative estimate of drug-likeness (QED) is 0.766. The number of aromatic amines is 1. The Morgan fingerprint density at radius 3 is 2.68 bits per heavy atom. The molecule has 19 heavy (non-hydrogen) atoms. The first kappa shape index (κ1) is 11.3. The van der Waals surface area contributed by atoms with Gasteiger partial charge in [-0.1, -0.05) is 6.92 Å². The molecule has 0 spiro atoms. The Morgan fingerprint density at radius 2 is 2.11 bits per heavy atom. The van der Waals surface area contributed by atoms with Crippen molar-refractivity contribution in [1.82, 2.24) is 15.5 Å². The van der Waals surface area contributed by atoms with Gasteiger partial charge in [-0.15, -0.1) is 0 Å². The van der Waals surface area contributed by atoms with Crippen LogP contribution in [0.1, 0.15) is 42.4 Å². The lowest BCUT2D eigenvalue weighted by Crippen LogP contribution is -2.30. The van der Waals surface area contributed by atoms with Crippen LogP contribution in [0.25, 0.3) is 0 Å². The number of nitrogen functional groups attached to an aromatic ring is 1. The Kier molecular flexibility index (Phi) is 2.23. The molecule has 1 aromatic heterocycles. The van der Waals surface area contributed by atoms with Gasteiger partial charge in [-0.2, -0.15) is 5.10 Å². The molecule has 1 amide bonds. The average Bonchev–Trinajstić information content (AvgIpc) is 2.79. The van der Waals surface area contributed by atoms with Crippen LogP contribution in [0.15, 0.2) is 0 Å². The number of aromatic nitrogens is 2. The third-order valence-corrected chi connectivity index (χ3v) is 5.48. The number of carbonyl (C=O) groups is 1. The van der Waals surface area contributed by atoms with Gasteiger partial charge in [0.25, 0.3) is 5.91 Å². The first-order valence-electron chi connectivity index (χ1n) is 7.34. The van der Waals surface area contributed by atoms with Gasteiger partial charge in [0.05, 0.1) is 11.4 Å². The Balaban J connectivity index is 1.47. The van der Waals surface area contributed by atoms with E-state index in [2.05, 4.69) is 15.5 Å². The summed E-state index contributed by atoms with van der Waals surface area (Å²) in [4.78, 5) is 12.2. The number of carbonyl (C=O) groups excluding carboxylic acids is 1. The lowest BCUT2D eigenvalue weighted by atomic mass is 10.0. The molecule has 0 aromatic carbocycles. The minimum atomic E-state index is -0.104. The van der Waals surface area contributed by atoms with Crippen LogP contribution in [0.5, 0.6) is 0 Å². The van der Waals surface area contributed by atoms with E-state index in [0.717, 1.165) is 35.8 Å². The minimum absolute atomic E-state index is 0.104. The highest BCUT2D eigenvalue weighted by atomic mass is 16.2. The number of anilines is 1. The molecule has 1 aromatic rings. The van der Waals surface area contributed by atoms with Gasteiger partial charge in [0.2, 0.25) is 0 Å². The zero-order chi connectivity index (χ0) is 13.1. The summed E-state index contributed by atoms with van der Waals surface area (Å²) >= 11 is 0. The van der Waals surface area contributed by atoms with Gasteiger partial charge in [-0.05, 0) is 49.4 Å². The molecule has 4 unspecified atom stereocenters. The highest BCUT2D eigenvalue weighted by Gasteiger charge is 2.65. The number of H-pyrrole nitrogens is 1. The number of hydrogen-bond donors (Lipinski definition) is 3. The number of rotatable bonds is 3. The van der Waals surface area contributed by atoms with Crippen molar-refractivity contribution in [2.75, 3.05) is 5.73 Å². The van der Waals surface area contributed by atoms with Gasteiger partial charge >= 0.3 is 0 Å². The normalized spacial score (nSPS) is 38.3. The average molecular weight is 260 g/mol. The lowest BCUT2D eigenvalue weighted by molar-refractivity contribution is 0.0940. The summed E-state index contributed by atoms with van der Waals surface area (Å²) in [5.74, 6) is 3.11. The van der Waals surface area contributed by atoms with E-state index in [1.54, 1.807) is 0 Å². The fraction of sp³-hybridized carbons (Fsp3) is 0.714. The number of amides is 1. The van der Waals surface area contributed by atoms with Crippen LogP contribution in [-0.2, 0) is 6.42 Å². The summed E-state index contributed by atoms with van der Waals surface area (Å²) < 4.78 is 0. The second-order valence-electron chi connectivity index (χ2n) is 6.31. The highest BCUT2D eigenvalue weighted by molar-refractivity contribution is 5.98. The molecule has 3 saturated carbocycles. The molecule has 102 valence electrons. The monoisotopic (exact) mass is 260 g/mol. The number of nitrogens with two attached hydrogens (primary N) is 1. The topological polar surface area (TPSA) is 83.8 Å². The van der Waals surface area contributed by atoms with Crippen molar-refractivity contribution in [1.29, 1.82) is 0 Å².